The van der Waals surface area contributed by atoms with E-state index in [1.807, 2.05) is 0 Å². The molecule has 0 bridgehead atoms. The van der Waals surface area contributed by atoms with Gasteiger partial charge in [-0.25, -0.2) is 8.42 Å². The highest BCUT2D eigenvalue weighted by Crippen LogP contribution is 2.29. The molecule has 0 aromatic heterocycles. The van der Waals surface area contributed by atoms with E-state index in [1.54, 1.807) is 6.07 Å². The first kappa shape index (κ1) is 17.5. The van der Waals surface area contributed by atoms with Crippen molar-refractivity contribution < 1.29 is 13.3 Å². The monoisotopic (exact) mass is 374 g/mol. The molecule has 2 aromatic rings. The molecule has 0 aliphatic carbocycles. The molecule has 2 aromatic carbocycles. The molecule has 0 radical (unpaired) electrons. The number of rotatable bonds is 5. The van der Waals surface area contributed by atoms with E-state index in [9.17, 15) is 18.5 Å². The first-order valence-corrected chi connectivity index (χ1v) is 8.79. The zero-order valence-corrected chi connectivity index (χ0v) is 14.2. The lowest BCUT2D eigenvalue weighted by atomic mass is 10.2. The molecule has 9 heteroatoms. The number of nitro groups is 1. The summed E-state index contributed by atoms with van der Waals surface area (Å²) in [5.41, 5.74) is 0.473. The van der Waals surface area contributed by atoms with Crippen LogP contribution in [0.3, 0.4) is 0 Å². The number of sulfonamides is 1. The molecule has 1 N–H and O–H groups in total. The fourth-order valence-electron chi connectivity index (χ4n) is 2.00. The zero-order valence-electron chi connectivity index (χ0n) is 11.9. The van der Waals surface area contributed by atoms with Gasteiger partial charge < -0.3 is 0 Å². The summed E-state index contributed by atoms with van der Waals surface area (Å²) >= 11 is 11.9. The van der Waals surface area contributed by atoms with Crippen molar-refractivity contribution in [3.63, 3.8) is 0 Å². The molecule has 0 saturated heterocycles. The van der Waals surface area contributed by atoms with Crippen LogP contribution in [0.15, 0.2) is 36.4 Å². The van der Waals surface area contributed by atoms with E-state index in [2.05, 4.69) is 4.72 Å². The number of hydrogen-bond acceptors (Lipinski definition) is 4. The standard InChI is InChI=1S/C14H12Cl2N2O4S/c1-9-13(6-3-7-14(9)18(19)20)17-23(21,22)8-10-11(15)4-2-5-12(10)16/h2-7,17H,8H2,1H3. The lowest BCUT2D eigenvalue weighted by Crippen LogP contribution is -2.16. The van der Waals surface area contributed by atoms with Crippen molar-refractivity contribution in [3.8, 4) is 0 Å². The molecule has 0 unspecified atom stereocenters. The summed E-state index contributed by atoms with van der Waals surface area (Å²) in [6.07, 6.45) is 0. The summed E-state index contributed by atoms with van der Waals surface area (Å²) in [6, 6.07) is 8.85. The lowest BCUT2D eigenvalue weighted by molar-refractivity contribution is -0.385. The maximum atomic E-state index is 12.3. The van der Waals surface area contributed by atoms with Gasteiger partial charge in [-0.05, 0) is 25.1 Å². The Kier molecular flexibility index (Phi) is 5.13. The highest BCUT2D eigenvalue weighted by molar-refractivity contribution is 7.91. The van der Waals surface area contributed by atoms with Crippen LogP contribution in [-0.2, 0) is 15.8 Å². The molecule has 0 atom stereocenters. The van der Waals surface area contributed by atoms with Crippen molar-refractivity contribution in [2.24, 2.45) is 0 Å². The molecule has 0 aliphatic heterocycles. The summed E-state index contributed by atoms with van der Waals surface area (Å²) in [5, 5.41) is 11.4. The van der Waals surface area contributed by atoms with Crippen LogP contribution in [0.2, 0.25) is 10.0 Å². The predicted molar refractivity (Wildman–Crippen MR) is 90.5 cm³/mol. The molecular weight excluding hydrogens is 363 g/mol. The normalized spacial score (nSPS) is 11.3. The van der Waals surface area contributed by atoms with Crippen LogP contribution < -0.4 is 4.72 Å². The predicted octanol–water partition coefficient (Wildman–Crippen LogP) is 4.15. The molecule has 0 heterocycles. The summed E-state index contributed by atoms with van der Waals surface area (Å²) in [7, 11) is -3.84. The highest BCUT2D eigenvalue weighted by Gasteiger charge is 2.20. The van der Waals surface area contributed by atoms with Gasteiger partial charge in [-0.15, -0.1) is 0 Å². The molecule has 23 heavy (non-hydrogen) atoms. The van der Waals surface area contributed by atoms with Crippen LogP contribution >= 0.6 is 23.2 Å². The lowest BCUT2D eigenvalue weighted by Gasteiger charge is -2.12. The summed E-state index contributed by atoms with van der Waals surface area (Å²) in [5.74, 6) is -0.437. The Balaban J connectivity index is 2.33. The van der Waals surface area contributed by atoms with Gasteiger partial charge in [0.2, 0.25) is 10.0 Å². The topological polar surface area (TPSA) is 89.3 Å². The number of nitrogens with one attached hydrogen (secondary N) is 1. The minimum Gasteiger partial charge on any atom is -0.283 e. The Morgan fingerprint density at radius 3 is 2.26 bits per heavy atom. The molecule has 2 rings (SSSR count). The average molecular weight is 375 g/mol. The number of nitrogens with zero attached hydrogens (tertiary/aromatic N) is 1. The third-order valence-corrected chi connectivity index (χ3v) is 5.07. The summed E-state index contributed by atoms with van der Waals surface area (Å²) < 4.78 is 27.0. The molecule has 0 spiro atoms. The Morgan fingerprint density at radius 2 is 1.70 bits per heavy atom. The molecule has 122 valence electrons. The van der Waals surface area contributed by atoms with E-state index >= 15 is 0 Å². The van der Waals surface area contributed by atoms with E-state index in [4.69, 9.17) is 23.2 Å². The van der Waals surface area contributed by atoms with Gasteiger partial charge in [0.15, 0.2) is 0 Å². The number of nitro benzene ring substituents is 1. The summed E-state index contributed by atoms with van der Waals surface area (Å²) in [6.45, 7) is 1.47. The smallest absolute Gasteiger partial charge is 0.274 e. The number of benzene rings is 2. The fraction of sp³-hybridized carbons (Fsp3) is 0.143. The van der Waals surface area contributed by atoms with Crippen LogP contribution in [0, 0.1) is 17.0 Å². The van der Waals surface area contributed by atoms with Crippen LogP contribution in [0.5, 0.6) is 0 Å². The number of anilines is 1. The van der Waals surface area contributed by atoms with Gasteiger partial charge >= 0.3 is 0 Å². The Morgan fingerprint density at radius 1 is 1.13 bits per heavy atom. The summed E-state index contributed by atoms with van der Waals surface area (Å²) in [4.78, 5) is 10.3. The van der Waals surface area contributed by atoms with Gasteiger partial charge in [-0.1, -0.05) is 35.3 Å². The molecule has 0 saturated carbocycles. The van der Waals surface area contributed by atoms with Gasteiger partial charge in [-0.2, -0.15) is 0 Å². The average Bonchev–Trinajstić information content (AvgIpc) is 2.45. The maximum Gasteiger partial charge on any atom is 0.274 e. The van der Waals surface area contributed by atoms with E-state index in [0.717, 1.165) is 0 Å². The van der Waals surface area contributed by atoms with Gasteiger partial charge in [0.05, 0.1) is 21.9 Å². The first-order valence-electron chi connectivity index (χ1n) is 6.38. The minimum atomic E-state index is -3.84. The van der Waals surface area contributed by atoms with Crippen molar-refractivity contribution in [3.05, 3.63) is 67.7 Å². The Hall–Kier alpha value is -1.83. The van der Waals surface area contributed by atoms with E-state index in [0.29, 0.717) is 0 Å². The fourth-order valence-corrected chi connectivity index (χ4v) is 4.00. The second-order valence-corrected chi connectivity index (χ2v) is 7.30. The van der Waals surface area contributed by atoms with Crippen LogP contribution in [-0.4, -0.2) is 13.3 Å². The third-order valence-electron chi connectivity index (χ3n) is 3.16. The van der Waals surface area contributed by atoms with Gasteiger partial charge in [0, 0.05) is 21.7 Å². The molecular formula is C14H12Cl2N2O4S. The van der Waals surface area contributed by atoms with Gasteiger partial charge in [0.25, 0.3) is 5.69 Å². The van der Waals surface area contributed by atoms with Gasteiger partial charge in [-0.3, -0.25) is 14.8 Å². The largest absolute Gasteiger partial charge is 0.283 e. The molecule has 0 aliphatic rings. The second kappa shape index (κ2) is 6.74. The number of hydrogen-bond donors (Lipinski definition) is 1. The third kappa shape index (κ3) is 4.13. The SMILES string of the molecule is Cc1c(NS(=O)(=O)Cc2c(Cl)cccc2Cl)cccc1[N+](=O)[O-]. The van der Waals surface area contributed by atoms with E-state index in [1.165, 1.54) is 37.3 Å². The van der Waals surface area contributed by atoms with Crippen LogP contribution in [0.1, 0.15) is 11.1 Å². The van der Waals surface area contributed by atoms with Crippen molar-refractivity contribution >= 4 is 44.6 Å². The van der Waals surface area contributed by atoms with Crippen molar-refractivity contribution in [1.29, 1.82) is 0 Å². The molecule has 0 fully saturated rings. The van der Waals surface area contributed by atoms with Crippen LogP contribution in [0.4, 0.5) is 11.4 Å². The van der Waals surface area contributed by atoms with Crippen molar-refractivity contribution in [2.45, 2.75) is 12.7 Å². The van der Waals surface area contributed by atoms with Gasteiger partial charge in [0.1, 0.15) is 0 Å². The highest BCUT2D eigenvalue weighted by atomic mass is 35.5. The van der Waals surface area contributed by atoms with E-state index in [-0.39, 0.29) is 32.5 Å². The number of halogens is 2. The first-order chi connectivity index (χ1) is 10.7. The zero-order chi connectivity index (χ0) is 17.2. The van der Waals surface area contributed by atoms with E-state index < -0.39 is 20.7 Å². The van der Waals surface area contributed by atoms with Crippen molar-refractivity contribution in [2.75, 3.05) is 4.72 Å². The van der Waals surface area contributed by atoms with Crippen LogP contribution in [0.25, 0.3) is 0 Å². The van der Waals surface area contributed by atoms with Crippen molar-refractivity contribution in [1.82, 2.24) is 0 Å². The molecule has 0 amide bonds. The minimum absolute atomic E-state index is 0.141. The Bertz CT molecular complexity index is 849. The molecule has 6 nitrogen and oxygen atoms in total. The Labute approximate surface area is 143 Å². The maximum absolute atomic E-state index is 12.3. The quantitative estimate of drug-likeness (QED) is 0.628. The second-order valence-electron chi connectivity index (χ2n) is 4.77.